The molecular formula is C25H27N3O3. The van der Waals surface area contributed by atoms with E-state index in [-0.39, 0.29) is 5.56 Å². The van der Waals surface area contributed by atoms with Crippen LogP contribution in [0.5, 0.6) is 5.75 Å². The van der Waals surface area contributed by atoms with Gasteiger partial charge in [-0.25, -0.2) is 0 Å². The number of aryl methyl sites for hydroxylation is 1. The van der Waals surface area contributed by atoms with Gasteiger partial charge in [0.05, 0.1) is 24.6 Å². The Labute approximate surface area is 181 Å². The zero-order chi connectivity index (χ0) is 21.4. The topological polar surface area (TPSA) is 59.6 Å². The predicted molar refractivity (Wildman–Crippen MR) is 124 cm³/mol. The lowest BCUT2D eigenvalue weighted by Crippen LogP contribution is -2.43. The summed E-state index contributed by atoms with van der Waals surface area (Å²) in [5.41, 5.74) is 3.96. The first-order chi connectivity index (χ1) is 15.1. The molecule has 1 aliphatic rings. The third-order valence-corrected chi connectivity index (χ3v) is 6.36. The minimum absolute atomic E-state index is 0.00288. The van der Waals surface area contributed by atoms with Crippen molar-refractivity contribution in [2.45, 2.75) is 25.4 Å². The van der Waals surface area contributed by atoms with E-state index in [0.29, 0.717) is 6.04 Å². The summed E-state index contributed by atoms with van der Waals surface area (Å²) < 4.78 is 12.7. The molecule has 0 unspecified atom stereocenters. The molecule has 0 bridgehead atoms. The second-order valence-electron chi connectivity index (χ2n) is 8.21. The largest absolute Gasteiger partial charge is 0.497 e. The van der Waals surface area contributed by atoms with E-state index >= 15 is 0 Å². The van der Waals surface area contributed by atoms with Gasteiger partial charge >= 0.3 is 0 Å². The molecule has 160 valence electrons. The minimum atomic E-state index is -0.00288. The van der Waals surface area contributed by atoms with Gasteiger partial charge in [0.1, 0.15) is 11.3 Å². The van der Waals surface area contributed by atoms with E-state index in [1.807, 2.05) is 37.4 Å². The van der Waals surface area contributed by atoms with Gasteiger partial charge < -0.3 is 23.9 Å². The van der Waals surface area contributed by atoms with E-state index in [1.54, 1.807) is 24.0 Å². The van der Waals surface area contributed by atoms with Gasteiger partial charge in [-0.3, -0.25) is 4.79 Å². The molecule has 4 aromatic rings. The molecule has 0 radical (unpaired) electrons. The Morgan fingerprint density at radius 3 is 2.77 bits per heavy atom. The van der Waals surface area contributed by atoms with Crippen molar-refractivity contribution in [3.63, 3.8) is 0 Å². The van der Waals surface area contributed by atoms with Crippen molar-refractivity contribution in [2.75, 3.05) is 25.1 Å². The lowest BCUT2D eigenvalue weighted by molar-refractivity contribution is 0.415. The Bertz CT molecular complexity index is 1280. The van der Waals surface area contributed by atoms with Crippen LogP contribution in [-0.2, 0) is 13.6 Å². The molecule has 0 aliphatic carbocycles. The maximum Gasteiger partial charge on any atom is 0.252 e. The molecule has 6 nitrogen and oxygen atoms in total. The Morgan fingerprint density at radius 1 is 1.13 bits per heavy atom. The number of hydrogen-bond acceptors (Lipinski definition) is 5. The molecule has 0 amide bonds. The molecule has 5 rings (SSSR count). The van der Waals surface area contributed by atoms with Crippen molar-refractivity contribution >= 4 is 27.6 Å². The van der Waals surface area contributed by atoms with Crippen LogP contribution in [0, 0.1) is 0 Å². The summed E-state index contributed by atoms with van der Waals surface area (Å²) in [6.07, 6.45) is 3.79. The first-order valence-corrected chi connectivity index (χ1v) is 10.8. The first kappa shape index (κ1) is 19.7. The zero-order valence-corrected chi connectivity index (χ0v) is 17.9. The summed E-state index contributed by atoms with van der Waals surface area (Å²) in [5.74, 6) is 0.789. The standard InChI is InChI=1S/C25H27N3O3/c1-27-22-5-4-20(30-2)14-21(22)23(15-25(27)29)28(19-7-10-26-11-8-19)16-17-3-6-24-18(13-17)9-12-31-24/h3-6,9,12-15,19,26H,7-8,10-11,16H2,1-2H3. The Hall–Kier alpha value is -3.25. The molecule has 1 fully saturated rings. The van der Waals surface area contributed by atoms with E-state index in [1.165, 1.54) is 5.56 Å². The van der Waals surface area contributed by atoms with Gasteiger partial charge in [0.15, 0.2) is 0 Å². The van der Waals surface area contributed by atoms with E-state index in [0.717, 1.165) is 65.8 Å². The second kappa shape index (κ2) is 8.12. The first-order valence-electron chi connectivity index (χ1n) is 10.8. The lowest BCUT2D eigenvalue weighted by atomic mass is 10.0. The quantitative estimate of drug-likeness (QED) is 0.531. The highest BCUT2D eigenvalue weighted by atomic mass is 16.5. The number of fused-ring (bicyclic) bond motifs is 2. The summed E-state index contributed by atoms with van der Waals surface area (Å²) in [6.45, 7) is 2.69. The molecule has 0 saturated carbocycles. The monoisotopic (exact) mass is 417 g/mol. The maximum atomic E-state index is 12.9. The molecule has 0 atom stereocenters. The van der Waals surface area contributed by atoms with Crippen molar-refractivity contribution in [3.8, 4) is 5.75 Å². The van der Waals surface area contributed by atoms with Crippen molar-refractivity contribution in [1.82, 2.24) is 9.88 Å². The highest BCUT2D eigenvalue weighted by Gasteiger charge is 2.24. The fourth-order valence-corrected chi connectivity index (χ4v) is 4.63. The van der Waals surface area contributed by atoms with Crippen molar-refractivity contribution in [3.05, 3.63) is 70.7 Å². The molecule has 1 saturated heterocycles. The van der Waals surface area contributed by atoms with Crippen molar-refractivity contribution in [2.24, 2.45) is 7.05 Å². The second-order valence-corrected chi connectivity index (χ2v) is 8.21. The number of nitrogens with one attached hydrogen (secondary N) is 1. The fourth-order valence-electron chi connectivity index (χ4n) is 4.63. The summed E-state index contributed by atoms with van der Waals surface area (Å²) in [5, 5.41) is 5.58. The van der Waals surface area contributed by atoms with Crippen LogP contribution in [0.15, 0.2) is 64.0 Å². The van der Waals surface area contributed by atoms with Gasteiger partial charge in [-0.05, 0) is 67.9 Å². The van der Waals surface area contributed by atoms with Gasteiger partial charge in [-0.15, -0.1) is 0 Å². The molecule has 6 heteroatoms. The molecule has 31 heavy (non-hydrogen) atoms. The van der Waals surface area contributed by atoms with Crippen LogP contribution in [0.1, 0.15) is 18.4 Å². The molecule has 2 aromatic heterocycles. The summed E-state index contributed by atoms with van der Waals surface area (Å²) in [7, 11) is 3.50. The molecule has 1 N–H and O–H groups in total. The smallest absolute Gasteiger partial charge is 0.252 e. The predicted octanol–water partition coefficient (Wildman–Crippen LogP) is 4.05. The van der Waals surface area contributed by atoms with Crippen LogP contribution < -0.4 is 20.5 Å². The van der Waals surface area contributed by atoms with Gasteiger partial charge in [-0.2, -0.15) is 0 Å². The Kier molecular flexibility index (Phi) is 5.16. The van der Waals surface area contributed by atoms with Gasteiger partial charge in [0.2, 0.25) is 0 Å². The number of rotatable bonds is 5. The van der Waals surface area contributed by atoms with Gasteiger partial charge in [0.25, 0.3) is 5.56 Å². The molecular weight excluding hydrogens is 390 g/mol. The Balaban J connectivity index is 1.66. The van der Waals surface area contributed by atoms with Gasteiger partial charge in [-0.1, -0.05) is 6.07 Å². The number of aromatic nitrogens is 1. The van der Waals surface area contributed by atoms with Crippen LogP contribution in [0.25, 0.3) is 21.9 Å². The molecule has 3 heterocycles. The molecule has 1 aliphatic heterocycles. The number of piperidine rings is 1. The highest BCUT2D eigenvalue weighted by Crippen LogP contribution is 2.33. The number of furan rings is 1. The van der Waals surface area contributed by atoms with Crippen LogP contribution in [-0.4, -0.2) is 30.8 Å². The number of nitrogens with zero attached hydrogens (tertiary/aromatic N) is 2. The third kappa shape index (κ3) is 3.68. The summed E-state index contributed by atoms with van der Waals surface area (Å²) in [4.78, 5) is 15.3. The van der Waals surface area contributed by atoms with E-state index in [4.69, 9.17) is 9.15 Å². The number of benzene rings is 2. The summed E-state index contributed by atoms with van der Waals surface area (Å²) >= 11 is 0. The fraction of sp³-hybridized carbons (Fsp3) is 0.320. The zero-order valence-electron chi connectivity index (χ0n) is 17.9. The normalized spacial score (nSPS) is 14.9. The lowest BCUT2D eigenvalue weighted by Gasteiger charge is -2.37. The van der Waals surface area contributed by atoms with Crippen LogP contribution in [0.4, 0.5) is 5.69 Å². The number of ether oxygens (including phenoxy) is 1. The minimum Gasteiger partial charge on any atom is -0.497 e. The van der Waals surface area contributed by atoms with Crippen molar-refractivity contribution < 1.29 is 9.15 Å². The third-order valence-electron chi connectivity index (χ3n) is 6.36. The molecule has 0 spiro atoms. The van der Waals surface area contributed by atoms with Gasteiger partial charge in [0, 0.05) is 36.5 Å². The molecule has 2 aromatic carbocycles. The number of pyridine rings is 1. The number of hydrogen-bond donors (Lipinski definition) is 1. The van der Waals surface area contributed by atoms with Crippen LogP contribution in [0.2, 0.25) is 0 Å². The average molecular weight is 418 g/mol. The summed E-state index contributed by atoms with van der Waals surface area (Å²) in [6, 6.07) is 16.4. The number of anilines is 1. The van der Waals surface area contributed by atoms with E-state index < -0.39 is 0 Å². The number of methoxy groups -OCH3 is 1. The SMILES string of the molecule is COc1ccc2c(c1)c(N(Cc1ccc3occc3c1)C1CCNCC1)cc(=O)n2C. The Morgan fingerprint density at radius 2 is 1.97 bits per heavy atom. The van der Waals surface area contributed by atoms with Crippen LogP contribution >= 0.6 is 0 Å². The van der Waals surface area contributed by atoms with Crippen LogP contribution in [0.3, 0.4) is 0 Å². The highest BCUT2D eigenvalue weighted by molar-refractivity contribution is 5.93. The maximum absolute atomic E-state index is 12.9. The van der Waals surface area contributed by atoms with E-state index in [2.05, 4.69) is 22.3 Å². The average Bonchev–Trinajstić information content (AvgIpc) is 3.28. The van der Waals surface area contributed by atoms with Crippen molar-refractivity contribution in [1.29, 1.82) is 0 Å². The van der Waals surface area contributed by atoms with E-state index in [9.17, 15) is 4.79 Å².